The Kier molecular flexibility index (Phi) is 5.85. The Balaban J connectivity index is 1.34. The van der Waals surface area contributed by atoms with Crippen LogP contribution in [0, 0.1) is 10.1 Å². The monoisotopic (exact) mass is 443 g/mol. The third-order valence-electron chi connectivity index (χ3n) is 6.40. The van der Waals surface area contributed by atoms with Crippen molar-refractivity contribution in [3.05, 3.63) is 92.9 Å². The first-order chi connectivity index (χ1) is 16.1. The molecule has 4 aromatic rings. The van der Waals surface area contributed by atoms with Gasteiger partial charge in [0.15, 0.2) is 0 Å². The lowest BCUT2D eigenvalue weighted by atomic mass is 9.96. The van der Waals surface area contributed by atoms with E-state index in [0.717, 1.165) is 32.6 Å². The maximum atomic E-state index is 12.9. The van der Waals surface area contributed by atoms with E-state index in [0.29, 0.717) is 17.3 Å². The quantitative estimate of drug-likeness (QED) is 0.362. The number of benzene rings is 3. The van der Waals surface area contributed by atoms with Crippen molar-refractivity contribution >= 4 is 27.2 Å². The Morgan fingerprint density at radius 2 is 1.88 bits per heavy atom. The lowest BCUT2D eigenvalue weighted by molar-refractivity contribution is -0.384. The molecule has 168 valence electrons. The minimum atomic E-state index is -0.485. The van der Waals surface area contributed by atoms with Gasteiger partial charge in [0.05, 0.1) is 16.5 Å². The van der Waals surface area contributed by atoms with Crippen LogP contribution in [0.15, 0.2) is 71.7 Å². The summed E-state index contributed by atoms with van der Waals surface area (Å²) in [6, 6.07) is 19.5. The Morgan fingerprint density at radius 1 is 1.03 bits per heavy atom. The molecular formula is C25H25N5O3. The molecule has 1 N–H and O–H groups in total. The number of rotatable bonds is 6. The summed E-state index contributed by atoms with van der Waals surface area (Å²) >= 11 is 0. The summed E-state index contributed by atoms with van der Waals surface area (Å²) in [6.45, 7) is 4.03. The Hall–Kier alpha value is -3.62. The lowest BCUT2D eigenvalue weighted by Crippen LogP contribution is -2.46. The molecule has 0 radical (unpaired) electrons. The summed E-state index contributed by atoms with van der Waals surface area (Å²) in [4.78, 5) is 25.9. The predicted molar refractivity (Wildman–Crippen MR) is 128 cm³/mol. The SMILES string of the molecule is O=c1c2cc([N+](=O)[O-])ccc2cnn1CCCN1CCNCC1c1cccc2ccccc12. The number of nitro groups is 1. The van der Waals surface area contributed by atoms with Gasteiger partial charge in [-0.05, 0) is 28.8 Å². The van der Waals surface area contributed by atoms with Crippen LogP contribution in [-0.4, -0.2) is 45.8 Å². The molecule has 3 aromatic carbocycles. The van der Waals surface area contributed by atoms with Gasteiger partial charge in [0.2, 0.25) is 0 Å². The Bertz CT molecular complexity index is 1380. The first kappa shape index (κ1) is 21.2. The van der Waals surface area contributed by atoms with Gasteiger partial charge in [-0.2, -0.15) is 5.10 Å². The van der Waals surface area contributed by atoms with Crippen LogP contribution in [0.25, 0.3) is 21.5 Å². The zero-order valence-electron chi connectivity index (χ0n) is 18.2. The van der Waals surface area contributed by atoms with Gasteiger partial charge < -0.3 is 5.32 Å². The van der Waals surface area contributed by atoms with E-state index in [9.17, 15) is 14.9 Å². The van der Waals surface area contributed by atoms with Gasteiger partial charge in [-0.15, -0.1) is 0 Å². The largest absolute Gasteiger partial charge is 0.314 e. The molecule has 1 aliphatic rings. The Morgan fingerprint density at radius 3 is 2.76 bits per heavy atom. The molecule has 1 saturated heterocycles. The van der Waals surface area contributed by atoms with Gasteiger partial charge in [0.25, 0.3) is 11.2 Å². The van der Waals surface area contributed by atoms with Gasteiger partial charge in [-0.1, -0.05) is 42.5 Å². The van der Waals surface area contributed by atoms with Crippen LogP contribution in [0.1, 0.15) is 18.0 Å². The number of nitrogens with one attached hydrogen (secondary N) is 1. The van der Waals surface area contributed by atoms with Crippen molar-refractivity contribution in [3.63, 3.8) is 0 Å². The van der Waals surface area contributed by atoms with Crippen molar-refractivity contribution in [2.45, 2.75) is 19.0 Å². The fourth-order valence-electron chi connectivity index (χ4n) is 4.72. The van der Waals surface area contributed by atoms with Crippen LogP contribution < -0.4 is 10.9 Å². The van der Waals surface area contributed by atoms with Gasteiger partial charge in [-0.3, -0.25) is 19.8 Å². The van der Waals surface area contributed by atoms with Crippen molar-refractivity contribution in [2.24, 2.45) is 0 Å². The Labute approximate surface area is 190 Å². The van der Waals surface area contributed by atoms with Crippen molar-refractivity contribution in [2.75, 3.05) is 26.2 Å². The molecule has 0 amide bonds. The molecule has 0 aliphatic carbocycles. The van der Waals surface area contributed by atoms with Crippen molar-refractivity contribution < 1.29 is 4.92 Å². The van der Waals surface area contributed by atoms with Gasteiger partial charge in [0.1, 0.15) is 0 Å². The average Bonchev–Trinajstić information content (AvgIpc) is 2.85. The minimum absolute atomic E-state index is 0.0869. The highest BCUT2D eigenvalue weighted by atomic mass is 16.6. The molecule has 8 nitrogen and oxygen atoms in total. The minimum Gasteiger partial charge on any atom is -0.314 e. The number of fused-ring (bicyclic) bond motifs is 2. The van der Waals surface area contributed by atoms with Crippen molar-refractivity contribution in [3.8, 4) is 0 Å². The summed E-state index contributed by atoms with van der Waals surface area (Å²) in [5.74, 6) is 0. The van der Waals surface area contributed by atoms with E-state index in [1.54, 1.807) is 12.3 Å². The summed E-state index contributed by atoms with van der Waals surface area (Å²) in [7, 11) is 0. The second kappa shape index (κ2) is 9.09. The standard InChI is InChI=1S/C25H25N5O3/c31-25-23-15-20(30(32)33)10-9-19(23)16-27-29(25)13-4-12-28-14-11-26-17-24(28)22-8-3-6-18-5-1-2-7-21(18)22/h1-3,5-10,15-16,24,26H,4,11-14,17H2. The average molecular weight is 444 g/mol. The molecule has 1 fully saturated rings. The lowest BCUT2D eigenvalue weighted by Gasteiger charge is -2.37. The molecule has 1 aromatic heterocycles. The number of hydrogen-bond donors (Lipinski definition) is 1. The third kappa shape index (κ3) is 4.22. The normalized spacial score (nSPS) is 16.9. The number of hydrogen-bond acceptors (Lipinski definition) is 6. The number of nitrogens with zero attached hydrogens (tertiary/aromatic N) is 4. The third-order valence-corrected chi connectivity index (χ3v) is 6.40. The molecule has 8 heteroatoms. The fraction of sp³-hybridized carbons (Fsp3) is 0.280. The molecule has 1 aliphatic heterocycles. The van der Waals surface area contributed by atoms with Crippen LogP contribution in [0.3, 0.4) is 0 Å². The zero-order chi connectivity index (χ0) is 22.8. The molecule has 0 bridgehead atoms. The molecule has 0 saturated carbocycles. The number of nitro benzene ring substituents is 1. The van der Waals surface area contributed by atoms with E-state index in [4.69, 9.17) is 0 Å². The van der Waals surface area contributed by atoms with E-state index in [1.807, 2.05) is 0 Å². The molecular weight excluding hydrogens is 418 g/mol. The number of non-ortho nitro benzene ring substituents is 1. The number of aryl methyl sites for hydroxylation is 1. The zero-order valence-corrected chi connectivity index (χ0v) is 18.2. The number of piperazine rings is 1. The second-order valence-electron chi connectivity index (χ2n) is 8.38. The highest BCUT2D eigenvalue weighted by molar-refractivity contribution is 5.86. The maximum absolute atomic E-state index is 12.9. The summed E-state index contributed by atoms with van der Waals surface area (Å²) in [5, 5.41) is 22.3. The van der Waals surface area contributed by atoms with E-state index < -0.39 is 4.92 Å². The molecule has 33 heavy (non-hydrogen) atoms. The van der Waals surface area contributed by atoms with Gasteiger partial charge in [0, 0.05) is 56.3 Å². The molecule has 1 atom stereocenters. The van der Waals surface area contributed by atoms with Crippen LogP contribution >= 0.6 is 0 Å². The van der Waals surface area contributed by atoms with Crippen molar-refractivity contribution in [1.29, 1.82) is 0 Å². The number of aromatic nitrogens is 2. The first-order valence-electron chi connectivity index (χ1n) is 11.2. The van der Waals surface area contributed by atoms with Crippen LogP contribution in [0.2, 0.25) is 0 Å². The molecule has 0 spiro atoms. The molecule has 1 unspecified atom stereocenters. The maximum Gasteiger partial charge on any atom is 0.274 e. The molecule has 5 rings (SSSR count). The van der Waals surface area contributed by atoms with Crippen LogP contribution in [0.5, 0.6) is 0 Å². The highest BCUT2D eigenvalue weighted by Crippen LogP contribution is 2.29. The van der Waals surface area contributed by atoms with Gasteiger partial charge in [-0.25, -0.2) is 4.68 Å². The summed E-state index contributed by atoms with van der Waals surface area (Å²) < 4.78 is 1.42. The highest BCUT2D eigenvalue weighted by Gasteiger charge is 2.24. The van der Waals surface area contributed by atoms with E-state index in [2.05, 4.69) is 57.8 Å². The van der Waals surface area contributed by atoms with Crippen LogP contribution in [0.4, 0.5) is 5.69 Å². The smallest absolute Gasteiger partial charge is 0.274 e. The second-order valence-corrected chi connectivity index (χ2v) is 8.38. The van der Waals surface area contributed by atoms with Crippen molar-refractivity contribution in [1.82, 2.24) is 20.0 Å². The first-order valence-corrected chi connectivity index (χ1v) is 11.2. The summed E-state index contributed by atoms with van der Waals surface area (Å²) in [6.07, 6.45) is 2.36. The van der Waals surface area contributed by atoms with E-state index >= 15 is 0 Å². The van der Waals surface area contributed by atoms with E-state index in [-0.39, 0.29) is 17.3 Å². The van der Waals surface area contributed by atoms with Gasteiger partial charge >= 0.3 is 0 Å². The summed E-state index contributed by atoms with van der Waals surface area (Å²) in [5.41, 5.74) is 0.937. The molecule has 2 heterocycles. The van der Waals surface area contributed by atoms with E-state index in [1.165, 1.54) is 33.2 Å². The predicted octanol–water partition coefficient (Wildman–Crippen LogP) is 3.49. The fourth-order valence-corrected chi connectivity index (χ4v) is 4.72. The van der Waals surface area contributed by atoms with Crippen LogP contribution in [-0.2, 0) is 6.54 Å². The topological polar surface area (TPSA) is 93.3 Å².